The monoisotopic (exact) mass is 439 g/mol. The van der Waals surface area contributed by atoms with Crippen LogP contribution in [0.15, 0.2) is 52.4 Å². The predicted octanol–water partition coefficient (Wildman–Crippen LogP) is 3.32. The fourth-order valence-electron chi connectivity index (χ4n) is 2.66. The number of benzene rings is 2. The quantitative estimate of drug-likeness (QED) is 0.764. The molecule has 2 aromatic carbocycles. The topological polar surface area (TPSA) is 89.2 Å². The molecule has 0 unspecified atom stereocenters. The molecule has 1 heterocycles. The maximum atomic E-state index is 14.2. The summed E-state index contributed by atoms with van der Waals surface area (Å²) in [4.78, 5) is 13.7. The molecule has 2 aromatic rings. The van der Waals surface area contributed by atoms with Crippen molar-refractivity contribution in [1.82, 2.24) is 5.06 Å². The molecule has 0 spiro atoms. The summed E-state index contributed by atoms with van der Waals surface area (Å²) >= 11 is 0. The number of guanidine groups is 2. The second-order valence-electron chi connectivity index (χ2n) is 6.32. The van der Waals surface area contributed by atoms with Crippen LogP contribution in [-0.2, 0) is 11.4 Å². The Kier molecular flexibility index (Phi) is 6.17. The van der Waals surface area contributed by atoms with Gasteiger partial charge in [-0.1, -0.05) is 18.2 Å². The van der Waals surface area contributed by atoms with Gasteiger partial charge in [0, 0.05) is 5.56 Å². The normalized spacial score (nSPS) is 15.6. The number of hydrogen-bond donors (Lipinski definition) is 2. The Labute approximate surface area is 166 Å². The van der Waals surface area contributed by atoms with E-state index in [1.54, 1.807) is 38.1 Å². The van der Waals surface area contributed by atoms with E-state index in [1.165, 1.54) is 23.3 Å². The molecule has 0 fully saturated rings. The molecule has 144 valence electrons. The Balaban J connectivity index is 0.00000261. The largest absolute Gasteiger partial charge is 0.368 e. The zero-order chi connectivity index (χ0) is 18.9. The Morgan fingerprint density at radius 3 is 2.30 bits per heavy atom. The molecule has 9 heteroatoms. The van der Waals surface area contributed by atoms with Crippen molar-refractivity contribution in [1.29, 1.82) is 0 Å². The molecular formula is C18H20BrF2N5O. The van der Waals surface area contributed by atoms with Crippen molar-refractivity contribution in [3.8, 4) is 11.1 Å². The third-order valence-electron chi connectivity index (χ3n) is 3.89. The molecule has 0 radical (unpaired) electrons. The van der Waals surface area contributed by atoms with Gasteiger partial charge in [-0.15, -0.1) is 17.0 Å². The van der Waals surface area contributed by atoms with Crippen LogP contribution in [0.25, 0.3) is 11.1 Å². The van der Waals surface area contributed by atoms with Crippen molar-refractivity contribution in [3.63, 3.8) is 0 Å². The minimum atomic E-state index is -0.874. The van der Waals surface area contributed by atoms with Gasteiger partial charge in [-0.05, 0) is 49.2 Å². The van der Waals surface area contributed by atoms with Gasteiger partial charge in [0.1, 0.15) is 18.2 Å². The summed E-state index contributed by atoms with van der Waals surface area (Å²) in [5.41, 5.74) is 12.4. The lowest BCUT2D eigenvalue weighted by atomic mass is 10.0. The van der Waals surface area contributed by atoms with Crippen LogP contribution in [0.2, 0.25) is 0 Å². The van der Waals surface area contributed by atoms with Crippen LogP contribution in [0.3, 0.4) is 0 Å². The Hall–Kier alpha value is -2.52. The van der Waals surface area contributed by atoms with Crippen molar-refractivity contribution < 1.29 is 13.6 Å². The van der Waals surface area contributed by atoms with Gasteiger partial charge < -0.3 is 11.5 Å². The third kappa shape index (κ3) is 4.61. The van der Waals surface area contributed by atoms with Crippen LogP contribution < -0.4 is 11.5 Å². The van der Waals surface area contributed by atoms with E-state index in [2.05, 4.69) is 9.98 Å². The number of rotatable bonds is 4. The van der Waals surface area contributed by atoms with Gasteiger partial charge in [-0.3, -0.25) is 4.84 Å². The summed E-state index contributed by atoms with van der Waals surface area (Å²) in [6.45, 7) is 3.40. The van der Waals surface area contributed by atoms with Crippen LogP contribution in [0.4, 0.5) is 8.78 Å². The van der Waals surface area contributed by atoms with Gasteiger partial charge >= 0.3 is 0 Å². The molecule has 0 saturated heterocycles. The highest BCUT2D eigenvalue weighted by molar-refractivity contribution is 8.93. The van der Waals surface area contributed by atoms with Gasteiger partial charge in [-0.2, -0.15) is 10.1 Å². The second-order valence-corrected chi connectivity index (χ2v) is 6.32. The van der Waals surface area contributed by atoms with E-state index in [-0.39, 0.29) is 41.3 Å². The molecule has 6 nitrogen and oxygen atoms in total. The van der Waals surface area contributed by atoms with Crippen molar-refractivity contribution in [2.75, 3.05) is 0 Å². The smallest absolute Gasteiger partial charge is 0.226 e. The third-order valence-corrected chi connectivity index (χ3v) is 3.89. The molecule has 1 aliphatic heterocycles. The van der Waals surface area contributed by atoms with Gasteiger partial charge in [0.25, 0.3) is 0 Å². The summed E-state index contributed by atoms with van der Waals surface area (Å²) in [6.07, 6.45) is 0. The lowest BCUT2D eigenvalue weighted by Crippen LogP contribution is -2.53. The minimum Gasteiger partial charge on any atom is -0.368 e. The summed E-state index contributed by atoms with van der Waals surface area (Å²) in [7, 11) is 0. The molecule has 1 aliphatic rings. The number of nitrogens with two attached hydrogens (primary N) is 2. The summed E-state index contributed by atoms with van der Waals surface area (Å²) in [5, 5.41) is 1.29. The van der Waals surface area contributed by atoms with Gasteiger partial charge in [0.15, 0.2) is 5.66 Å². The van der Waals surface area contributed by atoms with Gasteiger partial charge in [0.05, 0.1) is 0 Å². The van der Waals surface area contributed by atoms with E-state index in [0.29, 0.717) is 5.56 Å². The number of nitrogens with zero attached hydrogens (tertiary/aromatic N) is 3. The van der Waals surface area contributed by atoms with E-state index in [0.717, 1.165) is 11.1 Å². The second kappa shape index (κ2) is 8.01. The zero-order valence-corrected chi connectivity index (χ0v) is 16.5. The van der Waals surface area contributed by atoms with Gasteiger partial charge in [-0.25, -0.2) is 13.8 Å². The first-order valence-corrected chi connectivity index (χ1v) is 7.93. The van der Waals surface area contributed by atoms with Crippen molar-refractivity contribution in [3.05, 3.63) is 59.7 Å². The first-order chi connectivity index (χ1) is 12.3. The SMILES string of the molecule is Br.CC1(C)N=C(N)N=C(N)N1OCc1cc(-c2ccc(F)cc2)ccc1F. The van der Waals surface area contributed by atoms with Gasteiger partial charge in [0.2, 0.25) is 11.9 Å². The number of halogens is 3. The molecule has 0 aliphatic carbocycles. The molecule has 0 aromatic heterocycles. The number of aliphatic imine (C=N–C) groups is 2. The van der Waals surface area contributed by atoms with E-state index >= 15 is 0 Å². The highest BCUT2D eigenvalue weighted by atomic mass is 79.9. The average molecular weight is 440 g/mol. The molecule has 0 saturated carbocycles. The van der Waals surface area contributed by atoms with Crippen molar-refractivity contribution in [2.45, 2.75) is 26.1 Å². The lowest BCUT2D eigenvalue weighted by molar-refractivity contribution is -0.167. The first-order valence-electron chi connectivity index (χ1n) is 7.93. The molecule has 3 rings (SSSR count). The average Bonchev–Trinajstić information content (AvgIpc) is 2.55. The standard InChI is InChI=1S/C18H19F2N5O.BrH/c1-18(2)24-16(21)23-17(22)25(18)26-10-13-9-12(5-8-15(13)20)11-3-6-14(19)7-4-11;/h3-9H,10H2,1-2H3,(H4,21,22,23,24);1H. The van der Waals surface area contributed by atoms with E-state index in [1.807, 2.05) is 0 Å². The predicted molar refractivity (Wildman–Crippen MR) is 106 cm³/mol. The molecular weight excluding hydrogens is 420 g/mol. The fourth-order valence-corrected chi connectivity index (χ4v) is 2.66. The molecule has 27 heavy (non-hydrogen) atoms. The van der Waals surface area contributed by atoms with Crippen LogP contribution in [0.1, 0.15) is 19.4 Å². The van der Waals surface area contributed by atoms with Crippen molar-refractivity contribution in [2.24, 2.45) is 21.5 Å². The van der Waals surface area contributed by atoms with Crippen LogP contribution in [0.5, 0.6) is 0 Å². The van der Waals surface area contributed by atoms with E-state index in [4.69, 9.17) is 16.3 Å². The maximum Gasteiger partial charge on any atom is 0.226 e. The minimum absolute atomic E-state index is 0. The van der Waals surface area contributed by atoms with E-state index in [9.17, 15) is 8.78 Å². The Bertz CT molecular complexity index is 884. The molecule has 0 bridgehead atoms. The molecule has 0 amide bonds. The summed E-state index contributed by atoms with van der Waals surface area (Å²) in [5.74, 6) is -0.667. The first kappa shape index (κ1) is 20.8. The van der Waals surface area contributed by atoms with Crippen LogP contribution in [-0.4, -0.2) is 22.6 Å². The highest BCUT2D eigenvalue weighted by Gasteiger charge is 2.33. The summed E-state index contributed by atoms with van der Waals surface area (Å²) in [6, 6.07) is 10.6. The highest BCUT2D eigenvalue weighted by Crippen LogP contribution is 2.25. The number of hydrogen-bond acceptors (Lipinski definition) is 6. The Morgan fingerprint density at radius 1 is 1.04 bits per heavy atom. The molecule has 4 N–H and O–H groups in total. The van der Waals surface area contributed by atoms with Crippen LogP contribution >= 0.6 is 17.0 Å². The van der Waals surface area contributed by atoms with Crippen molar-refractivity contribution >= 4 is 28.9 Å². The van der Waals surface area contributed by atoms with Crippen LogP contribution in [0, 0.1) is 11.6 Å². The summed E-state index contributed by atoms with van der Waals surface area (Å²) < 4.78 is 27.3. The lowest BCUT2D eigenvalue weighted by Gasteiger charge is -2.36. The number of hydroxylamine groups is 2. The fraction of sp³-hybridized carbons (Fsp3) is 0.222. The Morgan fingerprint density at radius 2 is 1.67 bits per heavy atom. The molecule has 0 atom stereocenters. The maximum absolute atomic E-state index is 14.2. The zero-order valence-electron chi connectivity index (χ0n) is 14.8. The van der Waals surface area contributed by atoms with E-state index < -0.39 is 11.5 Å².